The van der Waals surface area contributed by atoms with Crippen LogP contribution in [0.25, 0.3) is 0 Å². The van der Waals surface area contributed by atoms with Crippen LogP contribution in [0, 0.1) is 13.8 Å². The van der Waals surface area contributed by atoms with Gasteiger partial charge in [-0.25, -0.2) is 19.6 Å². The molecule has 1 aliphatic rings. The van der Waals surface area contributed by atoms with Crippen molar-refractivity contribution < 1.29 is 23.8 Å². The summed E-state index contributed by atoms with van der Waals surface area (Å²) in [5.41, 5.74) is 2.66. The lowest BCUT2D eigenvalue weighted by Gasteiger charge is -2.31. The molecular formula is C20H21N3O5S. The van der Waals surface area contributed by atoms with Crippen molar-refractivity contribution >= 4 is 29.4 Å². The Bertz CT molecular complexity index is 956. The van der Waals surface area contributed by atoms with E-state index in [4.69, 9.17) is 14.2 Å². The van der Waals surface area contributed by atoms with Crippen LogP contribution in [0.1, 0.15) is 11.4 Å². The number of ether oxygens (including phenoxy) is 3. The molecule has 0 fully saturated rings. The van der Waals surface area contributed by atoms with E-state index >= 15 is 0 Å². The average molecular weight is 415 g/mol. The third-order valence-electron chi connectivity index (χ3n) is 4.13. The molecule has 2 heterocycles. The Morgan fingerprint density at radius 3 is 2.41 bits per heavy atom. The molecule has 0 spiro atoms. The molecule has 8 nitrogen and oxygen atoms in total. The number of aromatic nitrogens is 2. The van der Waals surface area contributed by atoms with Gasteiger partial charge in [-0.05, 0) is 49.9 Å². The molecule has 0 radical (unpaired) electrons. The van der Waals surface area contributed by atoms with Gasteiger partial charge < -0.3 is 19.1 Å². The summed E-state index contributed by atoms with van der Waals surface area (Å²) in [6.45, 7) is 3.90. The summed E-state index contributed by atoms with van der Waals surface area (Å²) in [5, 5.41) is 0.633. The molecule has 0 saturated heterocycles. The first kappa shape index (κ1) is 20.8. The Morgan fingerprint density at radius 2 is 1.76 bits per heavy atom. The summed E-state index contributed by atoms with van der Waals surface area (Å²) in [5.74, 6) is -1.27. The van der Waals surface area contributed by atoms with Crippen molar-refractivity contribution in [3.8, 4) is 0 Å². The van der Waals surface area contributed by atoms with E-state index in [1.165, 1.54) is 26.0 Å². The van der Waals surface area contributed by atoms with Gasteiger partial charge in [0.2, 0.25) is 0 Å². The van der Waals surface area contributed by atoms with Crippen LogP contribution < -0.4 is 4.90 Å². The molecule has 1 aliphatic heterocycles. The molecule has 29 heavy (non-hydrogen) atoms. The number of aryl methyl sites for hydroxylation is 2. The van der Waals surface area contributed by atoms with E-state index < -0.39 is 11.9 Å². The topological polar surface area (TPSA) is 90.9 Å². The summed E-state index contributed by atoms with van der Waals surface area (Å²) in [4.78, 5) is 35.9. The quantitative estimate of drug-likeness (QED) is 0.540. The maximum atomic E-state index is 12.4. The Hall–Kier alpha value is -2.91. The number of hydrogen-bond donors (Lipinski definition) is 0. The number of benzene rings is 1. The zero-order valence-electron chi connectivity index (χ0n) is 16.6. The first-order valence-electron chi connectivity index (χ1n) is 8.78. The molecule has 2 aromatic rings. The largest absolute Gasteiger partial charge is 0.466 e. The van der Waals surface area contributed by atoms with E-state index in [1.807, 2.05) is 44.2 Å². The molecule has 152 valence electrons. The summed E-state index contributed by atoms with van der Waals surface area (Å²) in [7, 11) is 2.52. The number of nitrogens with zero attached hydrogens (tertiary/aromatic N) is 3. The van der Waals surface area contributed by atoms with Crippen LogP contribution in [0.2, 0.25) is 0 Å². The van der Waals surface area contributed by atoms with Crippen molar-refractivity contribution in [2.45, 2.75) is 23.9 Å². The smallest absolute Gasteiger partial charge is 0.355 e. The molecule has 0 bridgehead atoms. The number of carbonyl (C=O) groups excluding carboxylic acids is 2. The minimum absolute atomic E-state index is 0.0293. The lowest BCUT2D eigenvalue weighted by molar-refractivity contribution is -0.140. The number of methoxy groups -OCH3 is 2. The number of hydrogen-bond acceptors (Lipinski definition) is 9. The highest BCUT2D eigenvalue weighted by Gasteiger charge is 2.32. The van der Waals surface area contributed by atoms with E-state index in [9.17, 15) is 9.59 Å². The van der Waals surface area contributed by atoms with Gasteiger partial charge in [0.05, 0.1) is 26.4 Å². The van der Waals surface area contributed by atoms with Crippen molar-refractivity contribution in [2.24, 2.45) is 0 Å². The van der Waals surface area contributed by atoms with E-state index in [-0.39, 0.29) is 24.6 Å². The second-order valence-electron chi connectivity index (χ2n) is 6.25. The third-order valence-corrected chi connectivity index (χ3v) is 4.99. The van der Waals surface area contributed by atoms with Gasteiger partial charge in [0.1, 0.15) is 12.4 Å². The van der Waals surface area contributed by atoms with Crippen molar-refractivity contribution in [3.63, 3.8) is 0 Å². The highest BCUT2D eigenvalue weighted by molar-refractivity contribution is 7.99. The van der Waals surface area contributed by atoms with Crippen LogP contribution in [-0.2, 0) is 23.8 Å². The monoisotopic (exact) mass is 415 g/mol. The maximum Gasteiger partial charge on any atom is 0.355 e. The molecule has 0 aliphatic carbocycles. The number of esters is 2. The van der Waals surface area contributed by atoms with Crippen molar-refractivity contribution in [3.05, 3.63) is 53.0 Å². The van der Waals surface area contributed by atoms with Crippen LogP contribution in [-0.4, -0.2) is 49.5 Å². The second kappa shape index (κ2) is 9.06. The number of rotatable bonds is 5. The molecule has 1 aromatic carbocycles. The molecule has 1 aromatic heterocycles. The number of anilines is 1. The molecule has 0 unspecified atom stereocenters. The summed E-state index contributed by atoms with van der Waals surface area (Å²) >= 11 is 1.41. The first-order chi connectivity index (χ1) is 13.9. The predicted molar refractivity (Wildman–Crippen MR) is 106 cm³/mol. The normalized spacial score (nSPS) is 14.0. The number of carbonyl (C=O) groups is 2. The first-order valence-corrected chi connectivity index (χ1v) is 9.60. The van der Waals surface area contributed by atoms with Gasteiger partial charge in [0.25, 0.3) is 0 Å². The fraction of sp³-hybridized carbons (Fsp3) is 0.300. The van der Waals surface area contributed by atoms with Gasteiger partial charge in [0.15, 0.2) is 5.16 Å². The zero-order valence-corrected chi connectivity index (χ0v) is 17.4. The average Bonchev–Trinajstić information content (AvgIpc) is 2.71. The van der Waals surface area contributed by atoms with Crippen molar-refractivity contribution in [2.75, 3.05) is 32.5 Å². The summed E-state index contributed by atoms with van der Waals surface area (Å²) < 4.78 is 15.2. The van der Waals surface area contributed by atoms with E-state index in [0.29, 0.717) is 10.8 Å². The van der Waals surface area contributed by atoms with E-state index in [1.54, 1.807) is 4.90 Å². The fourth-order valence-corrected chi connectivity index (χ4v) is 3.82. The Morgan fingerprint density at radius 1 is 1.07 bits per heavy atom. The minimum Gasteiger partial charge on any atom is -0.466 e. The minimum atomic E-state index is -0.635. The maximum absolute atomic E-state index is 12.4. The van der Waals surface area contributed by atoms with Crippen molar-refractivity contribution in [1.29, 1.82) is 0 Å². The van der Waals surface area contributed by atoms with Gasteiger partial charge in [-0.15, -0.1) is 0 Å². The van der Waals surface area contributed by atoms with Crippen LogP contribution >= 0.6 is 11.8 Å². The lowest BCUT2D eigenvalue weighted by atomic mass is 10.1. The van der Waals surface area contributed by atoms with E-state index in [0.717, 1.165) is 16.3 Å². The molecule has 0 saturated carbocycles. The van der Waals surface area contributed by atoms with Gasteiger partial charge in [0, 0.05) is 22.0 Å². The van der Waals surface area contributed by atoms with Crippen LogP contribution in [0.4, 0.5) is 5.69 Å². The Balaban J connectivity index is 1.97. The third kappa shape index (κ3) is 4.75. The van der Waals surface area contributed by atoms with Crippen molar-refractivity contribution in [1.82, 2.24) is 9.97 Å². The van der Waals surface area contributed by atoms with Crippen LogP contribution in [0.15, 0.2) is 51.7 Å². The fourth-order valence-electron chi connectivity index (χ4n) is 2.91. The SMILES string of the molecule is COC(=O)C1=C(C(=O)OC)N(c2cccc(Sc3nc(C)cc(C)n3)c2)COC1. The zero-order chi connectivity index (χ0) is 21.0. The van der Waals surface area contributed by atoms with Gasteiger partial charge in [-0.1, -0.05) is 6.07 Å². The van der Waals surface area contributed by atoms with Crippen LogP contribution in [0.3, 0.4) is 0 Å². The van der Waals surface area contributed by atoms with Gasteiger partial charge >= 0.3 is 11.9 Å². The lowest BCUT2D eigenvalue weighted by Crippen LogP contribution is -2.38. The van der Waals surface area contributed by atoms with Gasteiger partial charge in [-0.2, -0.15) is 0 Å². The van der Waals surface area contributed by atoms with Gasteiger partial charge in [-0.3, -0.25) is 0 Å². The highest BCUT2D eigenvalue weighted by atomic mass is 32.2. The predicted octanol–water partition coefficient (Wildman–Crippen LogP) is 2.64. The summed E-state index contributed by atoms with van der Waals surface area (Å²) in [6.07, 6.45) is 0. The Kier molecular flexibility index (Phi) is 6.50. The standard InChI is InChI=1S/C20H21N3O5S/c1-12-8-13(2)22-20(21-12)29-15-7-5-6-14(9-15)23-11-28-10-16(18(24)26-3)17(23)19(25)27-4/h5-9H,10-11H2,1-4H3. The molecular weight excluding hydrogens is 394 g/mol. The molecule has 0 N–H and O–H groups in total. The molecule has 3 rings (SSSR count). The summed E-state index contributed by atoms with van der Waals surface area (Å²) in [6, 6.07) is 9.37. The highest BCUT2D eigenvalue weighted by Crippen LogP contribution is 2.32. The Labute approximate surface area is 172 Å². The molecule has 9 heteroatoms. The molecule has 0 amide bonds. The molecule has 0 atom stereocenters. The van der Waals surface area contributed by atoms with Crippen LogP contribution in [0.5, 0.6) is 0 Å². The van der Waals surface area contributed by atoms with E-state index in [2.05, 4.69) is 9.97 Å². The second-order valence-corrected chi connectivity index (χ2v) is 7.29.